The quantitative estimate of drug-likeness (QED) is 0.755. The van der Waals surface area contributed by atoms with E-state index < -0.39 is 10.0 Å². The number of nitrogens with one attached hydrogen (secondary N) is 1. The summed E-state index contributed by atoms with van der Waals surface area (Å²) in [6.45, 7) is 10.1. The lowest BCUT2D eigenvalue weighted by atomic mass is 10.2. The number of hydrogen-bond donors (Lipinski definition) is 1. The van der Waals surface area contributed by atoms with E-state index in [1.54, 1.807) is 11.2 Å². The molecule has 1 N–H and O–H groups in total. The van der Waals surface area contributed by atoms with Crippen LogP contribution in [-0.2, 0) is 10.0 Å². The molecule has 4 nitrogen and oxygen atoms in total. The topological polar surface area (TPSA) is 49.4 Å². The molecule has 6 heteroatoms. The fourth-order valence-corrected chi connectivity index (χ4v) is 5.16. The van der Waals surface area contributed by atoms with Crippen molar-refractivity contribution in [3.05, 3.63) is 0 Å². The van der Waals surface area contributed by atoms with Gasteiger partial charge in [0.2, 0.25) is 10.0 Å². The van der Waals surface area contributed by atoms with Crippen LogP contribution in [0.4, 0.5) is 0 Å². The Labute approximate surface area is 116 Å². The number of rotatable bonds is 6. The molecule has 0 radical (unpaired) electrons. The van der Waals surface area contributed by atoms with E-state index in [9.17, 15) is 8.42 Å². The van der Waals surface area contributed by atoms with Crippen molar-refractivity contribution in [2.45, 2.75) is 50.7 Å². The minimum absolute atomic E-state index is 0.0994. The van der Waals surface area contributed by atoms with E-state index in [0.29, 0.717) is 18.3 Å². The molecule has 1 aliphatic heterocycles. The van der Waals surface area contributed by atoms with Gasteiger partial charge in [-0.1, -0.05) is 13.8 Å². The maximum atomic E-state index is 12.5. The van der Waals surface area contributed by atoms with E-state index in [4.69, 9.17) is 0 Å². The number of sulfonamides is 1. The molecule has 1 rings (SSSR count). The van der Waals surface area contributed by atoms with Crippen molar-refractivity contribution in [2.24, 2.45) is 0 Å². The molecule has 1 aliphatic rings. The molecule has 0 saturated carbocycles. The molecule has 1 saturated heterocycles. The van der Waals surface area contributed by atoms with Gasteiger partial charge >= 0.3 is 0 Å². The molecular weight excluding hydrogens is 268 g/mol. The molecule has 0 bridgehead atoms. The van der Waals surface area contributed by atoms with Gasteiger partial charge in [0.05, 0.1) is 5.25 Å². The first kappa shape index (κ1) is 16.3. The van der Waals surface area contributed by atoms with Crippen LogP contribution in [0, 0.1) is 0 Å². The summed E-state index contributed by atoms with van der Waals surface area (Å²) < 4.78 is 26.7. The molecule has 0 aromatic rings. The van der Waals surface area contributed by atoms with Gasteiger partial charge in [0.1, 0.15) is 0 Å². The highest BCUT2D eigenvalue weighted by atomic mass is 32.2. The van der Waals surface area contributed by atoms with Gasteiger partial charge in [-0.2, -0.15) is 16.1 Å². The Bertz CT molecular complexity index is 346. The van der Waals surface area contributed by atoms with Gasteiger partial charge in [0, 0.05) is 30.1 Å². The van der Waals surface area contributed by atoms with Gasteiger partial charge in [-0.05, 0) is 26.8 Å². The molecule has 3 atom stereocenters. The zero-order valence-corrected chi connectivity index (χ0v) is 13.5. The Morgan fingerprint density at radius 2 is 2.11 bits per heavy atom. The first-order chi connectivity index (χ1) is 8.41. The van der Waals surface area contributed by atoms with Gasteiger partial charge in [-0.15, -0.1) is 0 Å². The van der Waals surface area contributed by atoms with Crippen LogP contribution in [0.2, 0.25) is 0 Å². The Morgan fingerprint density at radius 1 is 1.44 bits per heavy atom. The highest BCUT2D eigenvalue weighted by molar-refractivity contribution is 8.00. The first-order valence-corrected chi connectivity index (χ1v) is 9.29. The van der Waals surface area contributed by atoms with E-state index in [-0.39, 0.29) is 11.3 Å². The Hall–Kier alpha value is 0.220. The summed E-state index contributed by atoms with van der Waals surface area (Å²) in [6.07, 6.45) is 1.03. The first-order valence-electron chi connectivity index (χ1n) is 6.74. The van der Waals surface area contributed by atoms with E-state index >= 15 is 0 Å². The van der Waals surface area contributed by atoms with Gasteiger partial charge in [-0.3, -0.25) is 0 Å². The van der Waals surface area contributed by atoms with E-state index in [1.165, 1.54) is 0 Å². The van der Waals surface area contributed by atoms with Gasteiger partial charge in [0.25, 0.3) is 0 Å². The van der Waals surface area contributed by atoms with E-state index in [1.807, 2.05) is 18.7 Å². The Morgan fingerprint density at radius 3 is 2.72 bits per heavy atom. The summed E-state index contributed by atoms with van der Waals surface area (Å²) in [5.74, 6) is 0.903. The second kappa shape index (κ2) is 7.12. The minimum atomic E-state index is -3.17. The molecule has 1 heterocycles. The van der Waals surface area contributed by atoms with Crippen LogP contribution in [0.5, 0.6) is 0 Å². The summed E-state index contributed by atoms with van der Waals surface area (Å²) >= 11 is 1.86. The second-order valence-corrected chi connectivity index (χ2v) is 8.78. The van der Waals surface area contributed by atoms with Crippen molar-refractivity contribution >= 4 is 21.8 Å². The molecule has 0 aromatic heterocycles. The molecule has 0 spiro atoms. The Kier molecular flexibility index (Phi) is 6.44. The third kappa shape index (κ3) is 3.85. The maximum Gasteiger partial charge on any atom is 0.218 e. The van der Waals surface area contributed by atoms with Crippen LogP contribution < -0.4 is 5.32 Å². The average molecular weight is 294 g/mol. The minimum Gasteiger partial charge on any atom is -0.315 e. The zero-order valence-electron chi connectivity index (χ0n) is 11.8. The molecule has 0 amide bonds. The van der Waals surface area contributed by atoms with E-state index in [0.717, 1.165) is 18.7 Å². The second-order valence-electron chi connectivity index (χ2n) is 4.99. The van der Waals surface area contributed by atoms with Crippen molar-refractivity contribution < 1.29 is 8.42 Å². The third-order valence-corrected chi connectivity index (χ3v) is 7.21. The lowest BCUT2D eigenvalue weighted by Gasteiger charge is -2.38. The van der Waals surface area contributed by atoms with Crippen LogP contribution >= 0.6 is 11.8 Å². The monoisotopic (exact) mass is 294 g/mol. The SMILES string of the molecule is CCCNCC(C)S(=O)(=O)N1CCSC(C)C1C. The predicted molar refractivity (Wildman–Crippen MR) is 79.6 cm³/mol. The molecule has 1 fully saturated rings. The van der Waals surface area contributed by atoms with Crippen molar-refractivity contribution in [1.29, 1.82) is 0 Å². The van der Waals surface area contributed by atoms with Crippen LogP contribution in [0.3, 0.4) is 0 Å². The standard InChI is InChI=1S/C12H26N2O2S2/c1-5-6-13-9-10(2)18(15,16)14-7-8-17-12(4)11(14)3/h10-13H,5-9H2,1-4H3. The Balaban J connectivity index is 2.66. The number of hydrogen-bond acceptors (Lipinski definition) is 4. The summed E-state index contributed by atoms with van der Waals surface area (Å²) in [6, 6.07) is 0.0994. The summed E-state index contributed by atoms with van der Waals surface area (Å²) in [5.41, 5.74) is 0. The van der Waals surface area contributed by atoms with Crippen LogP contribution in [0.15, 0.2) is 0 Å². The fraction of sp³-hybridized carbons (Fsp3) is 1.00. The van der Waals surface area contributed by atoms with Crippen molar-refractivity contribution in [1.82, 2.24) is 9.62 Å². The highest BCUT2D eigenvalue weighted by Crippen LogP contribution is 2.27. The lowest BCUT2D eigenvalue weighted by Crippen LogP contribution is -2.52. The maximum absolute atomic E-state index is 12.5. The normalized spacial score (nSPS) is 28.2. The lowest BCUT2D eigenvalue weighted by molar-refractivity contribution is 0.335. The van der Waals surface area contributed by atoms with Gasteiger partial charge < -0.3 is 5.32 Å². The highest BCUT2D eigenvalue weighted by Gasteiger charge is 2.36. The average Bonchev–Trinajstić information content (AvgIpc) is 2.32. The van der Waals surface area contributed by atoms with Crippen LogP contribution in [-0.4, -0.2) is 54.7 Å². The summed E-state index contributed by atoms with van der Waals surface area (Å²) in [4.78, 5) is 0. The number of thioether (sulfide) groups is 1. The van der Waals surface area contributed by atoms with Crippen molar-refractivity contribution in [2.75, 3.05) is 25.4 Å². The van der Waals surface area contributed by atoms with Crippen molar-refractivity contribution in [3.8, 4) is 0 Å². The molecule has 108 valence electrons. The van der Waals surface area contributed by atoms with Crippen LogP contribution in [0.1, 0.15) is 34.1 Å². The van der Waals surface area contributed by atoms with Crippen LogP contribution in [0.25, 0.3) is 0 Å². The summed E-state index contributed by atoms with van der Waals surface area (Å²) in [5, 5.41) is 3.23. The predicted octanol–water partition coefficient (Wildman–Crippen LogP) is 1.53. The molecule has 3 unspecified atom stereocenters. The fourth-order valence-electron chi connectivity index (χ4n) is 2.08. The van der Waals surface area contributed by atoms with Crippen molar-refractivity contribution in [3.63, 3.8) is 0 Å². The molecule has 18 heavy (non-hydrogen) atoms. The third-order valence-electron chi connectivity index (χ3n) is 3.52. The largest absolute Gasteiger partial charge is 0.315 e. The number of nitrogens with zero attached hydrogens (tertiary/aromatic N) is 1. The molecule has 0 aliphatic carbocycles. The van der Waals surface area contributed by atoms with E-state index in [2.05, 4.69) is 19.2 Å². The molecular formula is C12H26N2O2S2. The summed E-state index contributed by atoms with van der Waals surface area (Å²) in [7, 11) is -3.17. The van der Waals surface area contributed by atoms with Gasteiger partial charge in [0.15, 0.2) is 0 Å². The van der Waals surface area contributed by atoms with Gasteiger partial charge in [-0.25, -0.2) is 8.42 Å². The zero-order chi connectivity index (χ0) is 13.8. The smallest absolute Gasteiger partial charge is 0.218 e. The molecule has 0 aromatic carbocycles.